The van der Waals surface area contributed by atoms with Crippen LogP contribution in [0.2, 0.25) is 0 Å². The number of rotatable bonds is 7. The lowest BCUT2D eigenvalue weighted by molar-refractivity contribution is -0.384. The number of nitrogens with two attached hydrogens (primary N) is 1. The van der Waals surface area contributed by atoms with Crippen molar-refractivity contribution in [3.8, 4) is 0 Å². The van der Waals surface area contributed by atoms with Gasteiger partial charge in [0.2, 0.25) is 5.78 Å². The van der Waals surface area contributed by atoms with E-state index >= 15 is 0 Å². The summed E-state index contributed by atoms with van der Waals surface area (Å²) in [6, 6.07) is 5.55. The van der Waals surface area contributed by atoms with Crippen molar-refractivity contribution in [2.75, 3.05) is 6.54 Å². The summed E-state index contributed by atoms with van der Waals surface area (Å²) in [6.07, 6.45) is 0.501. The van der Waals surface area contributed by atoms with Gasteiger partial charge in [-0.3, -0.25) is 14.9 Å². The van der Waals surface area contributed by atoms with E-state index in [1.807, 2.05) is 0 Å². The molecule has 7 nitrogen and oxygen atoms in total. The van der Waals surface area contributed by atoms with Crippen molar-refractivity contribution in [1.82, 2.24) is 0 Å². The predicted octanol–water partition coefficient (Wildman–Crippen LogP) is 0.946. The Morgan fingerprint density at radius 2 is 1.89 bits per heavy atom. The quantitative estimate of drug-likeness (QED) is 0.340. The first-order valence-electron chi connectivity index (χ1n) is 5.68. The van der Waals surface area contributed by atoms with E-state index < -0.39 is 16.7 Å². The molecule has 0 aliphatic heterocycles. The lowest BCUT2D eigenvalue weighted by Gasteiger charge is -2.03. The highest BCUT2D eigenvalue weighted by atomic mass is 16.6. The number of hydrogen-bond acceptors (Lipinski definition) is 6. The van der Waals surface area contributed by atoms with Gasteiger partial charge < -0.3 is 10.5 Å². The molecular weight excluding hydrogens is 252 g/mol. The summed E-state index contributed by atoms with van der Waals surface area (Å²) in [5.41, 5.74) is 5.75. The summed E-state index contributed by atoms with van der Waals surface area (Å²) in [7, 11) is 0. The molecule has 0 saturated carbocycles. The largest absolute Gasteiger partial charge is 0.455 e. The molecule has 19 heavy (non-hydrogen) atoms. The monoisotopic (exact) mass is 266 g/mol. The highest BCUT2D eigenvalue weighted by Crippen LogP contribution is 2.12. The van der Waals surface area contributed by atoms with Crippen LogP contribution in [0.3, 0.4) is 0 Å². The van der Waals surface area contributed by atoms with E-state index in [0.717, 1.165) is 0 Å². The number of ether oxygens (including phenoxy) is 1. The van der Waals surface area contributed by atoms with Gasteiger partial charge in [0.25, 0.3) is 5.69 Å². The molecule has 1 aromatic rings. The molecular formula is C12H14N2O5. The first-order valence-corrected chi connectivity index (χ1v) is 5.68. The number of esters is 1. The minimum Gasteiger partial charge on any atom is -0.455 e. The first-order chi connectivity index (χ1) is 9.04. The van der Waals surface area contributed by atoms with Gasteiger partial charge in [-0.2, -0.15) is 0 Å². The molecule has 0 amide bonds. The second kappa shape index (κ2) is 7.22. The van der Waals surface area contributed by atoms with Gasteiger partial charge in [0, 0.05) is 18.6 Å². The number of carbonyl (C=O) groups excluding carboxylic acids is 2. The van der Waals surface area contributed by atoms with Crippen LogP contribution in [0.15, 0.2) is 24.3 Å². The average molecular weight is 266 g/mol. The lowest BCUT2D eigenvalue weighted by atomic mass is 10.2. The molecule has 0 heterocycles. The number of hydrogen-bond donors (Lipinski definition) is 1. The van der Waals surface area contributed by atoms with Crippen LogP contribution in [-0.4, -0.2) is 23.2 Å². The van der Waals surface area contributed by atoms with Crippen LogP contribution in [0, 0.1) is 10.1 Å². The van der Waals surface area contributed by atoms with Crippen molar-refractivity contribution < 1.29 is 19.2 Å². The fourth-order valence-electron chi connectivity index (χ4n) is 1.31. The van der Waals surface area contributed by atoms with Gasteiger partial charge in [-0.25, -0.2) is 4.79 Å². The normalized spacial score (nSPS) is 9.95. The third-order valence-corrected chi connectivity index (χ3v) is 2.35. The molecule has 0 aromatic heterocycles. The molecule has 0 fully saturated rings. The van der Waals surface area contributed by atoms with Crippen molar-refractivity contribution in [3.63, 3.8) is 0 Å². The van der Waals surface area contributed by atoms with Crippen LogP contribution >= 0.6 is 0 Å². The molecule has 102 valence electrons. The Morgan fingerprint density at radius 3 is 2.42 bits per heavy atom. The van der Waals surface area contributed by atoms with E-state index in [9.17, 15) is 19.7 Å². The standard InChI is InChI=1S/C12H14N2O5/c13-7-1-2-11(15)12(16)19-8-9-3-5-10(6-4-9)14(17)18/h3-6H,1-2,7-8,13H2. The van der Waals surface area contributed by atoms with Gasteiger partial charge in [-0.05, 0) is 30.7 Å². The predicted molar refractivity (Wildman–Crippen MR) is 66.2 cm³/mol. The Morgan fingerprint density at radius 1 is 1.26 bits per heavy atom. The van der Waals surface area contributed by atoms with Gasteiger partial charge >= 0.3 is 5.97 Å². The molecule has 7 heteroatoms. The van der Waals surface area contributed by atoms with Crippen LogP contribution in [0.4, 0.5) is 5.69 Å². The Bertz CT molecular complexity index is 470. The minimum atomic E-state index is -0.910. The van der Waals surface area contributed by atoms with E-state index in [0.29, 0.717) is 18.5 Å². The van der Waals surface area contributed by atoms with E-state index in [1.165, 1.54) is 24.3 Å². The molecule has 0 radical (unpaired) electrons. The van der Waals surface area contributed by atoms with Gasteiger partial charge in [-0.15, -0.1) is 0 Å². The number of non-ortho nitro benzene ring substituents is 1. The first kappa shape index (κ1) is 14.8. The Balaban J connectivity index is 2.46. The maximum Gasteiger partial charge on any atom is 0.374 e. The highest BCUT2D eigenvalue weighted by Gasteiger charge is 2.14. The molecule has 0 unspecified atom stereocenters. The number of Topliss-reactive ketones (excluding diaryl/α,β-unsaturated/α-hetero) is 1. The Hall–Kier alpha value is -2.28. The minimum absolute atomic E-state index is 0.0471. The SMILES string of the molecule is NCCCC(=O)C(=O)OCc1ccc([N+](=O)[O-])cc1. The Labute approximate surface area is 109 Å². The molecule has 0 saturated heterocycles. The lowest BCUT2D eigenvalue weighted by Crippen LogP contribution is -2.18. The van der Waals surface area contributed by atoms with Crippen molar-refractivity contribution in [1.29, 1.82) is 0 Å². The maximum atomic E-state index is 11.3. The molecule has 0 bridgehead atoms. The second-order valence-corrected chi connectivity index (χ2v) is 3.82. The third-order valence-electron chi connectivity index (χ3n) is 2.35. The van der Waals surface area contributed by atoms with E-state index in [4.69, 9.17) is 10.5 Å². The summed E-state index contributed by atoms with van der Waals surface area (Å²) in [5.74, 6) is -1.53. The van der Waals surface area contributed by atoms with Crippen LogP contribution in [-0.2, 0) is 20.9 Å². The van der Waals surface area contributed by atoms with E-state index in [2.05, 4.69) is 0 Å². The van der Waals surface area contributed by atoms with Gasteiger partial charge in [0.15, 0.2) is 0 Å². The van der Waals surface area contributed by atoms with Crippen LogP contribution in [0.25, 0.3) is 0 Å². The molecule has 0 aliphatic carbocycles. The molecule has 0 aliphatic rings. The maximum absolute atomic E-state index is 11.3. The summed E-state index contributed by atoms with van der Waals surface area (Å²) in [4.78, 5) is 32.4. The number of benzene rings is 1. The highest BCUT2D eigenvalue weighted by molar-refractivity contribution is 6.33. The third kappa shape index (κ3) is 4.84. The summed E-state index contributed by atoms with van der Waals surface area (Å²) < 4.78 is 4.79. The summed E-state index contributed by atoms with van der Waals surface area (Å²) in [6.45, 7) is 0.243. The molecule has 0 atom stereocenters. The van der Waals surface area contributed by atoms with Gasteiger partial charge in [0.05, 0.1) is 4.92 Å². The van der Waals surface area contributed by atoms with Crippen molar-refractivity contribution >= 4 is 17.4 Å². The second-order valence-electron chi connectivity index (χ2n) is 3.82. The zero-order valence-electron chi connectivity index (χ0n) is 10.2. The molecule has 1 rings (SSSR count). The van der Waals surface area contributed by atoms with Crippen molar-refractivity contribution in [2.45, 2.75) is 19.4 Å². The fraction of sp³-hybridized carbons (Fsp3) is 0.333. The summed E-state index contributed by atoms with van der Waals surface area (Å²) >= 11 is 0. The number of ketones is 1. The zero-order chi connectivity index (χ0) is 14.3. The van der Waals surface area contributed by atoms with Crippen LogP contribution in [0.5, 0.6) is 0 Å². The van der Waals surface area contributed by atoms with Crippen LogP contribution < -0.4 is 5.73 Å². The number of nitro benzene ring substituents is 1. The van der Waals surface area contributed by atoms with Gasteiger partial charge in [0.1, 0.15) is 6.61 Å². The number of carbonyl (C=O) groups is 2. The molecule has 1 aromatic carbocycles. The zero-order valence-corrected chi connectivity index (χ0v) is 10.2. The Kier molecular flexibility index (Phi) is 5.62. The van der Waals surface area contributed by atoms with Crippen molar-refractivity contribution in [3.05, 3.63) is 39.9 Å². The van der Waals surface area contributed by atoms with E-state index in [1.54, 1.807) is 0 Å². The van der Waals surface area contributed by atoms with Crippen molar-refractivity contribution in [2.24, 2.45) is 5.73 Å². The molecule has 0 spiro atoms. The van der Waals surface area contributed by atoms with E-state index in [-0.39, 0.29) is 18.7 Å². The van der Waals surface area contributed by atoms with Crippen LogP contribution in [0.1, 0.15) is 18.4 Å². The smallest absolute Gasteiger partial charge is 0.374 e. The van der Waals surface area contributed by atoms with Gasteiger partial charge in [-0.1, -0.05) is 0 Å². The average Bonchev–Trinajstić information content (AvgIpc) is 2.42. The summed E-state index contributed by atoms with van der Waals surface area (Å²) in [5, 5.41) is 10.4. The topological polar surface area (TPSA) is 113 Å². The molecule has 2 N–H and O–H groups in total. The number of nitro groups is 1. The number of nitrogens with zero attached hydrogens (tertiary/aromatic N) is 1. The fourth-order valence-corrected chi connectivity index (χ4v) is 1.31.